The van der Waals surface area contributed by atoms with Gasteiger partial charge >= 0.3 is 0 Å². The van der Waals surface area contributed by atoms with Crippen LogP contribution in [0.4, 0.5) is 5.82 Å². The van der Waals surface area contributed by atoms with E-state index in [2.05, 4.69) is 55.7 Å². The fraction of sp³-hybridized carbons (Fsp3) is 0.0588. The van der Waals surface area contributed by atoms with Gasteiger partial charge in [0, 0.05) is 16.6 Å². The maximum Gasteiger partial charge on any atom is 0.149 e. The molecule has 1 heterocycles. The molecule has 0 aliphatic carbocycles. The van der Waals surface area contributed by atoms with E-state index in [1.54, 1.807) is 6.20 Å². The van der Waals surface area contributed by atoms with Crippen LogP contribution in [0.5, 0.6) is 0 Å². The van der Waals surface area contributed by atoms with Crippen LogP contribution in [0.3, 0.4) is 0 Å². The van der Waals surface area contributed by atoms with Crippen LogP contribution in [-0.2, 0) is 6.54 Å². The quantitative estimate of drug-likeness (QED) is 0.759. The van der Waals surface area contributed by atoms with Crippen LogP contribution in [0.1, 0.15) is 5.56 Å². The first-order chi connectivity index (χ1) is 10.3. The molecule has 104 valence electrons. The number of anilines is 1. The molecule has 0 saturated carbocycles. The Kier molecular flexibility index (Phi) is 4.26. The molecule has 0 aliphatic rings. The Hall–Kier alpha value is -2.20. The highest BCUT2D eigenvalue weighted by molar-refractivity contribution is 9.10. The second kappa shape index (κ2) is 6.50. The highest BCUT2D eigenvalue weighted by atomic mass is 79.9. The third-order valence-corrected chi connectivity index (χ3v) is 3.62. The van der Waals surface area contributed by atoms with Crippen molar-refractivity contribution in [2.24, 2.45) is 0 Å². The van der Waals surface area contributed by atoms with E-state index in [0.29, 0.717) is 0 Å². The standard InChI is InChI=1S/C17H14BrN3/c18-16-8-4-7-14(9-16)15-10-17(21-20-12-15)19-11-13-5-2-1-3-6-13/h1-10,12H,11H2,(H,19,21). The van der Waals surface area contributed by atoms with Crippen molar-refractivity contribution in [3.63, 3.8) is 0 Å². The number of aromatic nitrogens is 2. The van der Waals surface area contributed by atoms with Crippen molar-refractivity contribution in [3.8, 4) is 11.1 Å². The fourth-order valence-electron chi connectivity index (χ4n) is 2.07. The third-order valence-electron chi connectivity index (χ3n) is 3.13. The molecular formula is C17H14BrN3. The van der Waals surface area contributed by atoms with Crippen molar-refractivity contribution in [1.29, 1.82) is 0 Å². The Morgan fingerprint density at radius 1 is 0.905 bits per heavy atom. The Morgan fingerprint density at radius 2 is 1.76 bits per heavy atom. The van der Waals surface area contributed by atoms with Crippen LogP contribution in [0.15, 0.2) is 71.3 Å². The van der Waals surface area contributed by atoms with E-state index < -0.39 is 0 Å². The van der Waals surface area contributed by atoms with Crippen molar-refractivity contribution in [2.45, 2.75) is 6.54 Å². The van der Waals surface area contributed by atoms with Gasteiger partial charge in [-0.2, -0.15) is 5.10 Å². The van der Waals surface area contributed by atoms with Crippen LogP contribution >= 0.6 is 15.9 Å². The Labute approximate surface area is 132 Å². The second-order valence-corrected chi connectivity index (χ2v) is 5.59. The fourth-order valence-corrected chi connectivity index (χ4v) is 2.47. The summed E-state index contributed by atoms with van der Waals surface area (Å²) in [7, 11) is 0. The summed E-state index contributed by atoms with van der Waals surface area (Å²) in [6, 6.07) is 20.4. The summed E-state index contributed by atoms with van der Waals surface area (Å²) in [5.41, 5.74) is 3.37. The van der Waals surface area contributed by atoms with Crippen LogP contribution in [0.25, 0.3) is 11.1 Å². The Bertz CT molecular complexity index is 729. The number of rotatable bonds is 4. The van der Waals surface area contributed by atoms with Crippen molar-refractivity contribution in [1.82, 2.24) is 10.2 Å². The monoisotopic (exact) mass is 339 g/mol. The van der Waals surface area contributed by atoms with E-state index in [4.69, 9.17) is 0 Å². The summed E-state index contributed by atoms with van der Waals surface area (Å²) >= 11 is 3.49. The van der Waals surface area contributed by atoms with Gasteiger partial charge in [-0.1, -0.05) is 58.4 Å². The largest absolute Gasteiger partial charge is 0.364 e. The molecule has 0 amide bonds. The second-order valence-electron chi connectivity index (χ2n) is 4.68. The van der Waals surface area contributed by atoms with Crippen molar-refractivity contribution >= 4 is 21.7 Å². The lowest BCUT2D eigenvalue weighted by molar-refractivity contribution is 1.00. The van der Waals surface area contributed by atoms with Gasteiger partial charge in [0.05, 0.1) is 6.20 Å². The normalized spacial score (nSPS) is 10.3. The lowest BCUT2D eigenvalue weighted by Crippen LogP contribution is -2.02. The van der Waals surface area contributed by atoms with E-state index in [1.807, 2.05) is 36.4 Å². The van der Waals surface area contributed by atoms with Crippen LogP contribution in [-0.4, -0.2) is 10.2 Å². The maximum absolute atomic E-state index is 4.13. The van der Waals surface area contributed by atoms with Crippen LogP contribution in [0.2, 0.25) is 0 Å². The Morgan fingerprint density at radius 3 is 2.57 bits per heavy atom. The first-order valence-electron chi connectivity index (χ1n) is 6.68. The lowest BCUT2D eigenvalue weighted by Gasteiger charge is -2.07. The molecule has 0 atom stereocenters. The molecule has 0 fully saturated rings. The van der Waals surface area contributed by atoms with Gasteiger partial charge < -0.3 is 5.32 Å². The Balaban J connectivity index is 1.77. The topological polar surface area (TPSA) is 37.8 Å². The third kappa shape index (κ3) is 3.67. The summed E-state index contributed by atoms with van der Waals surface area (Å²) in [6.45, 7) is 0.734. The van der Waals surface area contributed by atoms with Gasteiger partial charge in [0.15, 0.2) is 0 Å². The molecule has 0 aliphatic heterocycles. The molecule has 0 unspecified atom stereocenters. The molecule has 3 nitrogen and oxygen atoms in total. The number of benzene rings is 2. The van der Waals surface area contributed by atoms with Crippen molar-refractivity contribution < 1.29 is 0 Å². The number of halogens is 1. The molecule has 4 heteroatoms. The van der Waals surface area contributed by atoms with Gasteiger partial charge in [-0.25, -0.2) is 0 Å². The smallest absolute Gasteiger partial charge is 0.149 e. The van der Waals surface area contributed by atoms with E-state index in [-0.39, 0.29) is 0 Å². The SMILES string of the molecule is Brc1cccc(-c2cnnc(NCc3ccccc3)c2)c1. The molecular weight excluding hydrogens is 326 g/mol. The van der Waals surface area contributed by atoms with Crippen LogP contribution in [0, 0.1) is 0 Å². The van der Waals surface area contributed by atoms with Gasteiger partial charge in [0.25, 0.3) is 0 Å². The average molecular weight is 340 g/mol. The van der Waals surface area contributed by atoms with Crippen LogP contribution < -0.4 is 5.32 Å². The van der Waals surface area contributed by atoms with Gasteiger partial charge in [0.2, 0.25) is 0 Å². The molecule has 0 bridgehead atoms. The van der Waals surface area contributed by atoms with E-state index in [9.17, 15) is 0 Å². The summed E-state index contributed by atoms with van der Waals surface area (Å²) in [4.78, 5) is 0. The molecule has 21 heavy (non-hydrogen) atoms. The number of hydrogen-bond acceptors (Lipinski definition) is 3. The lowest BCUT2D eigenvalue weighted by atomic mass is 10.1. The number of hydrogen-bond donors (Lipinski definition) is 1. The molecule has 0 saturated heterocycles. The first kappa shape index (κ1) is 13.8. The molecule has 0 spiro atoms. The van der Waals surface area contributed by atoms with Gasteiger partial charge in [-0.15, -0.1) is 5.10 Å². The van der Waals surface area contributed by atoms with E-state index >= 15 is 0 Å². The zero-order valence-corrected chi connectivity index (χ0v) is 12.9. The first-order valence-corrected chi connectivity index (χ1v) is 7.47. The minimum Gasteiger partial charge on any atom is -0.364 e. The molecule has 3 aromatic rings. The summed E-state index contributed by atoms with van der Waals surface area (Å²) < 4.78 is 1.05. The zero-order valence-electron chi connectivity index (χ0n) is 11.3. The summed E-state index contributed by atoms with van der Waals surface area (Å²) in [5, 5.41) is 11.5. The summed E-state index contributed by atoms with van der Waals surface area (Å²) in [5.74, 6) is 0.774. The molecule has 1 N–H and O–H groups in total. The highest BCUT2D eigenvalue weighted by Crippen LogP contribution is 2.23. The minimum absolute atomic E-state index is 0.734. The highest BCUT2D eigenvalue weighted by Gasteiger charge is 2.02. The maximum atomic E-state index is 4.13. The number of nitrogens with one attached hydrogen (secondary N) is 1. The van der Waals surface area contributed by atoms with Crippen molar-refractivity contribution in [2.75, 3.05) is 5.32 Å². The van der Waals surface area contributed by atoms with Gasteiger partial charge in [-0.3, -0.25) is 0 Å². The predicted molar refractivity (Wildman–Crippen MR) is 88.9 cm³/mol. The van der Waals surface area contributed by atoms with E-state index in [1.165, 1.54) is 5.56 Å². The van der Waals surface area contributed by atoms with Gasteiger partial charge in [0.1, 0.15) is 5.82 Å². The molecule has 1 aromatic heterocycles. The van der Waals surface area contributed by atoms with E-state index in [0.717, 1.165) is 28.0 Å². The van der Waals surface area contributed by atoms with Gasteiger partial charge in [-0.05, 0) is 29.3 Å². The number of nitrogens with zero attached hydrogens (tertiary/aromatic N) is 2. The van der Waals surface area contributed by atoms with Crippen molar-refractivity contribution in [3.05, 3.63) is 76.9 Å². The summed E-state index contributed by atoms with van der Waals surface area (Å²) in [6.07, 6.45) is 1.77. The molecule has 2 aromatic carbocycles. The predicted octanol–water partition coefficient (Wildman–Crippen LogP) is 4.52. The molecule has 0 radical (unpaired) electrons. The minimum atomic E-state index is 0.734. The average Bonchev–Trinajstić information content (AvgIpc) is 2.54. The zero-order chi connectivity index (χ0) is 14.5. The molecule has 3 rings (SSSR count).